The van der Waals surface area contributed by atoms with Gasteiger partial charge in [-0.25, -0.2) is 0 Å². The van der Waals surface area contributed by atoms with E-state index < -0.39 is 0 Å². The van der Waals surface area contributed by atoms with Gasteiger partial charge in [0.25, 0.3) is 0 Å². The van der Waals surface area contributed by atoms with Crippen molar-refractivity contribution in [3.63, 3.8) is 0 Å². The molecule has 0 saturated carbocycles. The van der Waals surface area contributed by atoms with Crippen molar-refractivity contribution < 1.29 is 0 Å². The molecule has 0 spiro atoms. The zero-order chi connectivity index (χ0) is 13.8. The molecule has 0 amide bonds. The first-order valence-corrected chi connectivity index (χ1v) is 6.51. The van der Waals surface area contributed by atoms with E-state index in [0.29, 0.717) is 22.2 Å². The summed E-state index contributed by atoms with van der Waals surface area (Å²) in [5.41, 5.74) is 2.71. The van der Waals surface area contributed by atoms with Crippen LogP contribution < -0.4 is 4.90 Å². The minimum absolute atomic E-state index is 0.554. The van der Waals surface area contributed by atoms with Crippen molar-refractivity contribution in [2.45, 2.75) is 6.54 Å². The van der Waals surface area contributed by atoms with Crippen LogP contribution in [0.25, 0.3) is 0 Å². The summed E-state index contributed by atoms with van der Waals surface area (Å²) >= 11 is 11.9. The first-order valence-electron chi connectivity index (χ1n) is 5.75. The second kappa shape index (κ2) is 5.97. The fourth-order valence-corrected chi connectivity index (χ4v) is 2.14. The summed E-state index contributed by atoms with van der Waals surface area (Å²) in [6, 6.07) is 15.2. The van der Waals surface area contributed by atoms with Gasteiger partial charge in [-0.1, -0.05) is 35.3 Å². The van der Waals surface area contributed by atoms with Gasteiger partial charge in [-0.3, -0.25) is 0 Å². The number of hydrogen-bond donors (Lipinski definition) is 0. The summed E-state index contributed by atoms with van der Waals surface area (Å²) in [7, 11) is 1.97. The highest BCUT2D eigenvalue weighted by Crippen LogP contribution is 2.24. The maximum Gasteiger partial charge on any atom is 0.0992 e. The summed E-state index contributed by atoms with van der Waals surface area (Å²) in [5, 5.41) is 10.0. The van der Waals surface area contributed by atoms with E-state index in [2.05, 4.69) is 11.0 Å². The lowest BCUT2D eigenvalue weighted by atomic mass is 10.1. The predicted octanol–water partition coefficient (Wildman–Crippen LogP) is 4.50. The predicted molar refractivity (Wildman–Crippen MR) is 79.7 cm³/mol. The molecule has 2 rings (SSSR count). The molecule has 2 nitrogen and oxygen atoms in total. The molecule has 0 saturated heterocycles. The molecule has 0 N–H and O–H groups in total. The molecule has 96 valence electrons. The van der Waals surface area contributed by atoms with E-state index in [1.807, 2.05) is 37.4 Å². The third-order valence-corrected chi connectivity index (χ3v) is 3.56. The largest absolute Gasteiger partial charge is 0.370 e. The molecule has 0 bridgehead atoms. The van der Waals surface area contributed by atoms with Crippen molar-refractivity contribution in [1.29, 1.82) is 5.26 Å². The van der Waals surface area contributed by atoms with Gasteiger partial charge >= 0.3 is 0 Å². The molecule has 2 aromatic rings. The zero-order valence-electron chi connectivity index (χ0n) is 10.4. The number of benzene rings is 2. The van der Waals surface area contributed by atoms with Crippen LogP contribution in [-0.2, 0) is 6.54 Å². The van der Waals surface area contributed by atoms with Crippen LogP contribution in [0.4, 0.5) is 5.69 Å². The van der Waals surface area contributed by atoms with E-state index >= 15 is 0 Å². The van der Waals surface area contributed by atoms with E-state index in [-0.39, 0.29) is 0 Å². The third-order valence-electron chi connectivity index (χ3n) is 2.82. The van der Waals surface area contributed by atoms with Crippen LogP contribution in [0.3, 0.4) is 0 Å². The first kappa shape index (κ1) is 13.7. The maximum absolute atomic E-state index is 8.90. The van der Waals surface area contributed by atoms with Gasteiger partial charge < -0.3 is 4.90 Å². The minimum atomic E-state index is 0.554. The lowest BCUT2D eigenvalue weighted by molar-refractivity contribution is 0.923. The van der Waals surface area contributed by atoms with Gasteiger partial charge in [0, 0.05) is 19.3 Å². The van der Waals surface area contributed by atoms with E-state index in [1.165, 1.54) is 0 Å². The molecule has 0 fully saturated rings. The molecule has 0 aliphatic carbocycles. The normalized spacial score (nSPS) is 10.0. The Hall–Kier alpha value is -1.69. The molecule has 0 heterocycles. The Balaban J connectivity index is 2.18. The highest BCUT2D eigenvalue weighted by atomic mass is 35.5. The number of rotatable bonds is 3. The zero-order valence-corrected chi connectivity index (χ0v) is 11.9. The van der Waals surface area contributed by atoms with E-state index in [1.54, 1.807) is 12.1 Å². The number of halogens is 2. The van der Waals surface area contributed by atoms with Gasteiger partial charge in [0.1, 0.15) is 0 Å². The summed E-state index contributed by atoms with van der Waals surface area (Å²) in [6.45, 7) is 0.700. The monoisotopic (exact) mass is 290 g/mol. The van der Waals surface area contributed by atoms with Crippen LogP contribution in [0.5, 0.6) is 0 Å². The highest BCUT2D eigenvalue weighted by molar-refractivity contribution is 6.42. The standard InChI is InChI=1S/C15H12Cl2N2/c1-19(13-4-2-3-11(7-13)9-18)10-12-5-6-14(16)15(17)8-12/h2-8H,10H2,1H3. The quantitative estimate of drug-likeness (QED) is 0.832. The van der Waals surface area contributed by atoms with Crippen LogP contribution in [-0.4, -0.2) is 7.05 Å². The number of nitrogens with zero attached hydrogens (tertiary/aromatic N) is 2. The Morgan fingerprint density at radius 2 is 1.89 bits per heavy atom. The van der Waals surface area contributed by atoms with Crippen LogP contribution >= 0.6 is 23.2 Å². The van der Waals surface area contributed by atoms with Crippen LogP contribution in [0.1, 0.15) is 11.1 Å². The molecule has 2 aromatic carbocycles. The van der Waals surface area contributed by atoms with Crippen molar-refractivity contribution in [1.82, 2.24) is 0 Å². The fourth-order valence-electron chi connectivity index (χ4n) is 1.82. The second-order valence-electron chi connectivity index (χ2n) is 4.27. The average Bonchev–Trinajstić information content (AvgIpc) is 2.43. The van der Waals surface area contributed by atoms with Crippen molar-refractivity contribution in [3.8, 4) is 6.07 Å². The Morgan fingerprint density at radius 3 is 2.58 bits per heavy atom. The molecule has 4 heteroatoms. The lowest BCUT2D eigenvalue weighted by Crippen LogP contribution is -2.16. The van der Waals surface area contributed by atoms with E-state index in [4.69, 9.17) is 28.5 Å². The number of nitriles is 1. The van der Waals surface area contributed by atoms with Crippen molar-refractivity contribution in [2.24, 2.45) is 0 Å². The molecular weight excluding hydrogens is 279 g/mol. The van der Waals surface area contributed by atoms with Crippen molar-refractivity contribution >= 4 is 28.9 Å². The molecule has 0 unspecified atom stereocenters. The minimum Gasteiger partial charge on any atom is -0.370 e. The molecule has 0 aliphatic heterocycles. The van der Waals surface area contributed by atoms with Gasteiger partial charge in [0.05, 0.1) is 21.7 Å². The summed E-state index contributed by atoms with van der Waals surface area (Å²) in [6.07, 6.45) is 0. The third kappa shape index (κ3) is 3.41. The van der Waals surface area contributed by atoms with Crippen molar-refractivity contribution in [2.75, 3.05) is 11.9 Å². The van der Waals surface area contributed by atoms with Crippen molar-refractivity contribution in [3.05, 3.63) is 63.6 Å². The SMILES string of the molecule is CN(Cc1ccc(Cl)c(Cl)c1)c1cccc(C#N)c1. The van der Waals surface area contributed by atoms with Gasteiger partial charge in [0.2, 0.25) is 0 Å². The Labute approximate surface area is 122 Å². The second-order valence-corrected chi connectivity index (χ2v) is 5.08. The Kier molecular flexibility index (Phi) is 4.31. The van der Waals surface area contributed by atoms with Crippen LogP contribution in [0.2, 0.25) is 10.0 Å². The topological polar surface area (TPSA) is 27.0 Å². The smallest absolute Gasteiger partial charge is 0.0992 e. The average molecular weight is 291 g/mol. The van der Waals surface area contributed by atoms with E-state index in [0.717, 1.165) is 11.3 Å². The highest BCUT2D eigenvalue weighted by Gasteiger charge is 2.05. The molecule has 0 aromatic heterocycles. The first-order chi connectivity index (χ1) is 9.10. The Morgan fingerprint density at radius 1 is 1.11 bits per heavy atom. The number of hydrogen-bond acceptors (Lipinski definition) is 2. The van der Waals surface area contributed by atoms with Gasteiger partial charge in [-0.15, -0.1) is 0 Å². The van der Waals surface area contributed by atoms with Gasteiger partial charge in [-0.2, -0.15) is 5.26 Å². The Bertz CT molecular complexity index is 632. The molecular formula is C15H12Cl2N2. The summed E-state index contributed by atoms with van der Waals surface area (Å²) in [4.78, 5) is 2.06. The van der Waals surface area contributed by atoms with Crippen LogP contribution in [0.15, 0.2) is 42.5 Å². The molecule has 0 radical (unpaired) electrons. The maximum atomic E-state index is 8.90. The summed E-state index contributed by atoms with van der Waals surface area (Å²) < 4.78 is 0. The van der Waals surface area contributed by atoms with Gasteiger partial charge in [-0.05, 0) is 35.9 Å². The van der Waals surface area contributed by atoms with E-state index in [9.17, 15) is 0 Å². The van der Waals surface area contributed by atoms with Crippen LogP contribution in [0, 0.1) is 11.3 Å². The molecule has 0 atom stereocenters. The van der Waals surface area contributed by atoms with Gasteiger partial charge in [0.15, 0.2) is 0 Å². The molecule has 0 aliphatic rings. The number of anilines is 1. The summed E-state index contributed by atoms with van der Waals surface area (Å²) in [5.74, 6) is 0. The fraction of sp³-hybridized carbons (Fsp3) is 0.133. The lowest BCUT2D eigenvalue weighted by Gasteiger charge is -2.19. The molecule has 19 heavy (non-hydrogen) atoms.